The SMILES string of the molecule is CCc1ccc(-c2nn(-c3ccccc3)c3c2CCCc2nc(NC(C)=O)sc2-3)cn1. The lowest BCUT2D eigenvalue weighted by Gasteiger charge is -2.07. The maximum absolute atomic E-state index is 11.6. The summed E-state index contributed by atoms with van der Waals surface area (Å²) in [6.07, 6.45) is 5.62. The lowest BCUT2D eigenvalue weighted by atomic mass is 10.0. The Kier molecular flexibility index (Phi) is 5.11. The van der Waals surface area contributed by atoms with Crippen LogP contribution in [0.2, 0.25) is 0 Å². The quantitative estimate of drug-likeness (QED) is 0.492. The van der Waals surface area contributed by atoms with Gasteiger partial charge in [0.15, 0.2) is 5.13 Å². The van der Waals surface area contributed by atoms with Crippen LogP contribution in [0.1, 0.15) is 37.2 Å². The zero-order valence-electron chi connectivity index (χ0n) is 17.6. The van der Waals surface area contributed by atoms with E-state index in [0.717, 1.165) is 64.6 Å². The molecule has 0 aliphatic heterocycles. The Labute approximate surface area is 185 Å². The van der Waals surface area contributed by atoms with Gasteiger partial charge < -0.3 is 5.32 Å². The molecule has 5 rings (SSSR count). The van der Waals surface area contributed by atoms with Crippen molar-refractivity contribution in [1.29, 1.82) is 0 Å². The minimum atomic E-state index is -0.108. The summed E-state index contributed by atoms with van der Waals surface area (Å²) in [6.45, 7) is 3.62. The number of anilines is 1. The fraction of sp³-hybridized carbons (Fsp3) is 0.250. The fourth-order valence-corrected chi connectivity index (χ4v) is 5.14. The molecule has 1 aromatic carbocycles. The van der Waals surface area contributed by atoms with E-state index in [1.54, 1.807) is 0 Å². The summed E-state index contributed by atoms with van der Waals surface area (Å²) >= 11 is 1.52. The van der Waals surface area contributed by atoms with Crippen molar-refractivity contribution in [3.63, 3.8) is 0 Å². The molecule has 0 spiro atoms. The van der Waals surface area contributed by atoms with Gasteiger partial charge >= 0.3 is 0 Å². The summed E-state index contributed by atoms with van der Waals surface area (Å²) in [4.78, 5) is 22.0. The summed E-state index contributed by atoms with van der Waals surface area (Å²) in [6, 6.07) is 14.4. The first kappa shape index (κ1) is 19.6. The smallest absolute Gasteiger partial charge is 0.223 e. The van der Waals surface area contributed by atoms with Crippen molar-refractivity contribution in [2.75, 3.05) is 5.32 Å². The molecule has 3 aromatic heterocycles. The lowest BCUT2D eigenvalue weighted by Crippen LogP contribution is -2.05. The fourth-order valence-electron chi connectivity index (χ4n) is 4.02. The van der Waals surface area contributed by atoms with Gasteiger partial charge in [0.1, 0.15) is 0 Å². The predicted molar refractivity (Wildman–Crippen MR) is 124 cm³/mol. The highest BCUT2D eigenvalue weighted by Gasteiger charge is 2.28. The van der Waals surface area contributed by atoms with Gasteiger partial charge in [-0.05, 0) is 49.9 Å². The number of benzene rings is 1. The number of aromatic nitrogens is 4. The number of carbonyl (C=O) groups excluding carboxylic acids is 1. The highest BCUT2D eigenvalue weighted by atomic mass is 32.1. The first-order valence-corrected chi connectivity index (χ1v) is 11.4. The van der Waals surface area contributed by atoms with Gasteiger partial charge in [0.25, 0.3) is 0 Å². The van der Waals surface area contributed by atoms with E-state index >= 15 is 0 Å². The van der Waals surface area contributed by atoms with Crippen LogP contribution in [-0.4, -0.2) is 25.7 Å². The molecular weight excluding hydrogens is 406 g/mol. The molecule has 31 heavy (non-hydrogen) atoms. The van der Waals surface area contributed by atoms with Gasteiger partial charge in [0.05, 0.1) is 27.6 Å². The third-order valence-corrected chi connectivity index (χ3v) is 6.50. The number of hydrogen-bond acceptors (Lipinski definition) is 5. The van der Waals surface area contributed by atoms with Crippen LogP contribution in [0.4, 0.5) is 5.13 Å². The van der Waals surface area contributed by atoms with Gasteiger partial charge in [-0.2, -0.15) is 5.10 Å². The lowest BCUT2D eigenvalue weighted by molar-refractivity contribution is -0.114. The van der Waals surface area contributed by atoms with E-state index in [2.05, 4.69) is 41.5 Å². The van der Waals surface area contributed by atoms with Gasteiger partial charge in [0, 0.05) is 29.9 Å². The van der Waals surface area contributed by atoms with Crippen LogP contribution in [0.15, 0.2) is 48.7 Å². The molecule has 0 radical (unpaired) electrons. The molecule has 7 heteroatoms. The molecule has 6 nitrogen and oxygen atoms in total. The van der Waals surface area contributed by atoms with Crippen LogP contribution >= 0.6 is 11.3 Å². The predicted octanol–water partition coefficient (Wildman–Crippen LogP) is 5.07. The van der Waals surface area contributed by atoms with Crippen LogP contribution in [0, 0.1) is 0 Å². The van der Waals surface area contributed by atoms with Crippen LogP contribution in [0.25, 0.3) is 27.5 Å². The number of aryl methyl sites for hydroxylation is 2. The minimum absolute atomic E-state index is 0.108. The summed E-state index contributed by atoms with van der Waals surface area (Å²) in [7, 11) is 0. The number of pyridine rings is 1. The van der Waals surface area contributed by atoms with E-state index in [9.17, 15) is 4.79 Å². The molecular formula is C24H23N5OS. The van der Waals surface area contributed by atoms with Crippen molar-refractivity contribution in [2.24, 2.45) is 0 Å². The average molecular weight is 430 g/mol. The number of thiazole rings is 1. The van der Waals surface area contributed by atoms with Gasteiger partial charge in [-0.25, -0.2) is 9.67 Å². The number of para-hydroxylation sites is 1. The summed E-state index contributed by atoms with van der Waals surface area (Å²) < 4.78 is 2.03. The molecule has 0 bridgehead atoms. The number of carbonyl (C=O) groups is 1. The molecule has 0 saturated carbocycles. The Morgan fingerprint density at radius 3 is 2.71 bits per heavy atom. The second-order valence-corrected chi connectivity index (χ2v) is 8.64. The van der Waals surface area contributed by atoms with Crippen LogP contribution in [0.3, 0.4) is 0 Å². The number of nitrogens with one attached hydrogen (secondary N) is 1. The minimum Gasteiger partial charge on any atom is -0.302 e. The van der Waals surface area contributed by atoms with E-state index in [0.29, 0.717) is 5.13 Å². The zero-order valence-corrected chi connectivity index (χ0v) is 18.4. The van der Waals surface area contributed by atoms with E-state index in [-0.39, 0.29) is 5.91 Å². The molecule has 4 aromatic rings. The van der Waals surface area contributed by atoms with Crippen LogP contribution < -0.4 is 5.32 Å². The molecule has 0 saturated heterocycles. The first-order chi connectivity index (χ1) is 15.1. The first-order valence-electron chi connectivity index (χ1n) is 10.5. The monoisotopic (exact) mass is 429 g/mol. The van der Waals surface area contributed by atoms with Gasteiger partial charge in [-0.1, -0.05) is 36.5 Å². The maximum Gasteiger partial charge on any atom is 0.223 e. The highest BCUT2D eigenvalue weighted by Crippen LogP contribution is 2.43. The largest absolute Gasteiger partial charge is 0.302 e. The Bertz CT molecular complexity index is 1240. The summed E-state index contributed by atoms with van der Waals surface area (Å²) in [5.74, 6) is -0.108. The number of amides is 1. The standard InChI is InChI=1S/C24H23N5OS/c1-3-17-13-12-16(14-25-17)21-19-10-7-11-20-23(31-24(27-20)26-15(2)30)22(19)29(28-21)18-8-5-4-6-9-18/h4-6,8-9,12-14H,3,7,10-11H2,1-2H3,(H,26,27,30). The Hall–Kier alpha value is -3.32. The van der Waals surface area contributed by atoms with Crippen molar-refractivity contribution in [3.05, 3.63) is 65.6 Å². The van der Waals surface area contributed by atoms with E-state index in [1.165, 1.54) is 23.8 Å². The second-order valence-electron chi connectivity index (χ2n) is 7.64. The molecule has 1 N–H and O–H groups in total. The average Bonchev–Trinajstić information content (AvgIpc) is 3.30. The summed E-state index contributed by atoms with van der Waals surface area (Å²) in [5, 5.41) is 8.56. The van der Waals surface area contributed by atoms with Crippen molar-refractivity contribution in [3.8, 4) is 27.5 Å². The van der Waals surface area contributed by atoms with Crippen molar-refractivity contribution in [2.45, 2.75) is 39.5 Å². The van der Waals surface area contributed by atoms with Crippen LogP contribution in [0.5, 0.6) is 0 Å². The Balaban J connectivity index is 1.73. The second kappa shape index (κ2) is 8.07. The third kappa shape index (κ3) is 3.65. The van der Waals surface area contributed by atoms with E-state index in [1.807, 2.05) is 29.1 Å². The highest BCUT2D eigenvalue weighted by molar-refractivity contribution is 7.19. The number of hydrogen-bond donors (Lipinski definition) is 1. The molecule has 0 fully saturated rings. The zero-order chi connectivity index (χ0) is 21.4. The topological polar surface area (TPSA) is 72.7 Å². The molecule has 1 amide bonds. The van der Waals surface area contributed by atoms with Gasteiger partial charge in [0.2, 0.25) is 5.91 Å². The Morgan fingerprint density at radius 1 is 1.16 bits per heavy atom. The summed E-state index contributed by atoms with van der Waals surface area (Å²) in [5.41, 5.74) is 7.38. The molecule has 1 aliphatic carbocycles. The Morgan fingerprint density at radius 2 is 2.00 bits per heavy atom. The number of rotatable bonds is 4. The van der Waals surface area contributed by atoms with Crippen molar-refractivity contribution in [1.82, 2.24) is 19.7 Å². The maximum atomic E-state index is 11.6. The molecule has 0 atom stereocenters. The van der Waals surface area contributed by atoms with Gasteiger partial charge in [-0.15, -0.1) is 0 Å². The third-order valence-electron chi connectivity index (χ3n) is 5.48. The number of fused-ring (bicyclic) bond motifs is 3. The van der Waals surface area contributed by atoms with E-state index in [4.69, 9.17) is 10.1 Å². The van der Waals surface area contributed by atoms with Crippen molar-refractivity contribution < 1.29 is 4.79 Å². The van der Waals surface area contributed by atoms with E-state index < -0.39 is 0 Å². The molecule has 156 valence electrons. The van der Waals surface area contributed by atoms with Gasteiger partial charge in [-0.3, -0.25) is 9.78 Å². The van der Waals surface area contributed by atoms with Crippen LogP contribution in [-0.2, 0) is 24.1 Å². The molecule has 1 aliphatic rings. The normalized spacial score (nSPS) is 12.7. The van der Waals surface area contributed by atoms with Crippen molar-refractivity contribution >= 4 is 22.4 Å². The molecule has 0 unspecified atom stereocenters. The number of nitrogens with zero attached hydrogens (tertiary/aromatic N) is 4. The molecule has 3 heterocycles.